The van der Waals surface area contributed by atoms with Crippen molar-refractivity contribution in [1.82, 2.24) is 5.32 Å². The van der Waals surface area contributed by atoms with Gasteiger partial charge in [0, 0.05) is 16.7 Å². The SMILES string of the molecule is N=C(N)c1ccc(C(=O)N[C@@H](CO)C(=O)c2ccc(OCC(=O)OC(=O)C(F)(F)F)cc2)cc1. The molecule has 0 aliphatic carbocycles. The van der Waals surface area contributed by atoms with Crippen LogP contribution in [0.5, 0.6) is 5.75 Å². The lowest BCUT2D eigenvalue weighted by molar-refractivity contribution is -0.202. The first kappa shape index (κ1) is 26.0. The maximum absolute atomic E-state index is 12.6. The number of hydrogen-bond acceptors (Lipinski definition) is 8. The van der Waals surface area contributed by atoms with Crippen LogP contribution in [0.2, 0.25) is 0 Å². The van der Waals surface area contributed by atoms with Gasteiger partial charge in [0.05, 0.1) is 6.61 Å². The van der Waals surface area contributed by atoms with E-state index in [1.165, 1.54) is 48.5 Å². The molecular weight excluding hydrogens is 463 g/mol. The molecule has 2 aromatic rings. The van der Waals surface area contributed by atoms with Crippen molar-refractivity contribution in [2.24, 2.45) is 5.73 Å². The van der Waals surface area contributed by atoms with Crippen molar-refractivity contribution < 1.29 is 46.9 Å². The van der Waals surface area contributed by atoms with Crippen molar-refractivity contribution in [2.45, 2.75) is 12.2 Å². The number of ether oxygens (including phenoxy) is 2. The summed E-state index contributed by atoms with van der Waals surface area (Å²) in [6.07, 6.45) is -5.33. The van der Waals surface area contributed by atoms with Crippen LogP contribution in [0.15, 0.2) is 48.5 Å². The lowest BCUT2D eigenvalue weighted by atomic mass is 10.0. The van der Waals surface area contributed by atoms with Gasteiger partial charge in [-0.2, -0.15) is 13.2 Å². The van der Waals surface area contributed by atoms with Crippen LogP contribution in [0.3, 0.4) is 0 Å². The molecule has 0 aromatic heterocycles. The smallest absolute Gasteiger partial charge is 0.482 e. The molecule has 1 amide bonds. The zero-order valence-corrected chi connectivity index (χ0v) is 17.2. The molecule has 0 bridgehead atoms. The van der Waals surface area contributed by atoms with Crippen LogP contribution in [0.1, 0.15) is 26.3 Å². The van der Waals surface area contributed by atoms with Gasteiger partial charge in [-0.3, -0.25) is 15.0 Å². The largest absolute Gasteiger partial charge is 0.491 e. The first-order valence-corrected chi connectivity index (χ1v) is 9.37. The zero-order valence-electron chi connectivity index (χ0n) is 17.2. The van der Waals surface area contributed by atoms with E-state index in [9.17, 15) is 37.5 Å². The predicted octanol–water partition coefficient (Wildman–Crippen LogP) is 0.955. The highest BCUT2D eigenvalue weighted by Gasteiger charge is 2.42. The van der Waals surface area contributed by atoms with Gasteiger partial charge in [-0.15, -0.1) is 0 Å². The van der Waals surface area contributed by atoms with E-state index in [1.54, 1.807) is 0 Å². The average Bonchev–Trinajstić information content (AvgIpc) is 2.80. The van der Waals surface area contributed by atoms with Gasteiger partial charge in [-0.25, -0.2) is 9.59 Å². The van der Waals surface area contributed by atoms with E-state index in [2.05, 4.69) is 10.1 Å². The van der Waals surface area contributed by atoms with Crippen molar-refractivity contribution in [3.8, 4) is 5.75 Å². The predicted molar refractivity (Wildman–Crippen MR) is 109 cm³/mol. The van der Waals surface area contributed by atoms with Gasteiger partial charge in [0.1, 0.15) is 17.6 Å². The Labute approximate surface area is 190 Å². The minimum Gasteiger partial charge on any atom is -0.482 e. The first-order chi connectivity index (χ1) is 15.9. The summed E-state index contributed by atoms with van der Waals surface area (Å²) in [7, 11) is 0. The van der Waals surface area contributed by atoms with Gasteiger partial charge in [0.15, 0.2) is 12.4 Å². The standard InChI is InChI=1S/C21H18F3N3O7/c22-21(23,24)20(32)34-16(29)10-33-14-7-5-11(6-8-14)17(30)15(9-28)27-19(31)13-3-1-12(2-4-13)18(25)26/h1-8,15,28H,9-10H2,(H3,25,26)(H,27,31)/t15-/m0/s1. The maximum atomic E-state index is 12.6. The van der Waals surface area contributed by atoms with Crippen LogP contribution in [0.25, 0.3) is 0 Å². The van der Waals surface area contributed by atoms with Crippen LogP contribution >= 0.6 is 0 Å². The third-order valence-corrected chi connectivity index (χ3v) is 4.20. The fourth-order valence-electron chi connectivity index (χ4n) is 2.49. The lowest BCUT2D eigenvalue weighted by Gasteiger charge is -2.16. The number of Topliss-reactive ketones (excluding diaryl/α,β-unsaturated/α-hetero) is 1. The summed E-state index contributed by atoms with van der Waals surface area (Å²) >= 11 is 0. The quantitative estimate of drug-likeness (QED) is 0.135. The summed E-state index contributed by atoms with van der Waals surface area (Å²) in [6, 6.07) is 9.28. The van der Waals surface area contributed by atoms with Gasteiger partial charge in [-0.05, 0) is 36.4 Å². The summed E-state index contributed by atoms with van der Waals surface area (Å²) < 4.78 is 44.6. The zero-order chi connectivity index (χ0) is 25.5. The third-order valence-electron chi connectivity index (χ3n) is 4.20. The average molecular weight is 481 g/mol. The number of amidine groups is 1. The molecule has 5 N–H and O–H groups in total. The van der Waals surface area contributed by atoms with Crippen LogP contribution in [-0.4, -0.2) is 60.0 Å². The molecule has 180 valence electrons. The number of nitrogens with one attached hydrogen (secondary N) is 2. The van der Waals surface area contributed by atoms with E-state index in [4.69, 9.17) is 15.9 Å². The van der Waals surface area contributed by atoms with E-state index < -0.39 is 49.1 Å². The molecule has 0 aliphatic rings. The number of esters is 2. The van der Waals surface area contributed by atoms with Crippen molar-refractivity contribution in [1.29, 1.82) is 5.41 Å². The topological polar surface area (TPSA) is 169 Å². The molecule has 1 atom stereocenters. The van der Waals surface area contributed by atoms with Crippen LogP contribution in [0.4, 0.5) is 13.2 Å². The van der Waals surface area contributed by atoms with E-state index in [0.717, 1.165) is 0 Å². The monoisotopic (exact) mass is 481 g/mol. The Morgan fingerprint density at radius 3 is 2.00 bits per heavy atom. The lowest BCUT2D eigenvalue weighted by Crippen LogP contribution is -2.43. The second kappa shape index (κ2) is 11.0. The molecule has 13 heteroatoms. The Bertz CT molecular complexity index is 1080. The van der Waals surface area contributed by atoms with Crippen molar-refractivity contribution in [3.63, 3.8) is 0 Å². The highest BCUT2D eigenvalue weighted by molar-refractivity contribution is 6.05. The molecule has 0 spiro atoms. The molecule has 10 nitrogen and oxygen atoms in total. The Balaban J connectivity index is 1.96. The number of hydrogen-bond donors (Lipinski definition) is 4. The van der Waals surface area contributed by atoms with E-state index >= 15 is 0 Å². The van der Waals surface area contributed by atoms with Gasteiger partial charge in [0.2, 0.25) is 0 Å². The summed E-state index contributed by atoms with van der Waals surface area (Å²) in [4.78, 5) is 46.8. The summed E-state index contributed by atoms with van der Waals surface area (Å²) in [5.41, 5.74) is 5.95. The van der Waals surface area contributed by atoms with Crippen molar-refractivity contribution >= 4 is 29.5 Å². The Hall–Kier alpha value is -4.26. The molecule has 2 aromatic carbocycles. The Kier molecular flexibility index (Phi) is 8.45. The Morgan fingerprint density at radius 2 is 1.50 bits per heavy atom. The van der Waals surface area contributed by atoms with Crippen LogP contribution < -0.4 is 15.8 Å². The highest BCUT2D eigenvalue weighted by atomic mass is 19.4. The second-order valence-electron chi connectivity index (χ2n) is 6.64. The Morgan fingerprint density at radius 1 is 0.971 bits per heavy atom. The minimum atomic E-state index is -5.33. The second-order valence-corrected chi connectivity index (χ2v) is 6.64. The molecule has 0 radical (unpaired) electrons. The number of carbonyl (C=O) groups is 4. The fourth-order valence-corrected chi connectivity index (χ4v) is 2.49. The van der Waals surface area contributed by atoms with Gasteiger partial charge in [0.25, 0.3) is 5.91 Å². The number of carbonyl (C=O) groups excluding carboxylic acids is 4. The summed E-state index contributed by atoms with van der Waals surface area (Å²) in [6.45, 7) is -1.71. The molecule has 0 heterocycles. The molecular formula is C21H18F3N3O7. The van der Waals surface area contributed by atoms with Crippen molar-refractivity contribution in [2.75, 3.05) is 13.2 Å². The number of amides is 1. The van der Waals surface area contributed by atoms with Crippen molar-refractivity contribution in [3.05, 3.63) is 65.2 Å². The number of nitrogens with two attached hydrogens (primary N) is 1. The number of aliphatic hydroxyl groups excluding tert-OH is 1. The molecule has 0 saturated carbocycles. The first-order valence-electron chi connectivity index (χ1n) is 9.37. The van der Waals surface area contributed by atoms with E-state index in [-0.39, 0.29) is 22.7 Å². The maximum Gasteiger partial charge on any atom is 0.491 e. The number of rotatable bonds is 9. The number of alkyl halides is 3. The molecule has 0 unspecified atom stereocenters. The molecule has 0 aliphatic heterocycles. The molecule has 0 saturated heterocycles. The molecule has 34 heavy (non-hydrogen) atoms. The summed E-state index contributed by atoms with van der Waals surface area (Å²) in [5.74, 6) is -5.76. The summed E-state index contributed by atoms with van der Waals surface area (Å²) in [5, 5.41) is 19.2. The minimum absolute atomic E-state index is 0.0249. The number of aliphatic hydroxyl groups is 1. The van der Waals surface area contributed by atoms with E-state index in [0.29, 0.717) is 5.56 Å². The number of ketones is 1. The number of nitrogen functional groups attached to an aromatic ring is 1. The van der Waals surface area contributed by atoms with Gasteiger partial charge < -0.3 is 25.6 Å². The van der Waals surface area contributed by atoms with Gasteiger partial charge >= 0.3 is 18.1 Å². The molecule has 0 fully saturated rings. The third kappa shape index (κ3) is 7.13. The van der Waals surface area contributed by atoms with E-state index in [1.807, 2.05) is 0 Å². The number of benzene rings is 2. The van der Waals surface area contributed by atoms with Crippen LogP contribution in [-0.2, 0) is 14.3 Å². The highest BCUT2D eigenvalue weighted by Crippen LogP contribution is 2.17. The van der Waals surface area contributed by atoms with Crippen LogP contribution in [0, 0.1) is 5.41 Å². The van der Waals surface area contributed by atoms with Gasteiger partial charge in [-0.1, -0.05) is 12.1 Å². The molecule has 2 rings (SSSR count). The normalized spacial score (nSPS) is 11.8. The fraction of sp³-hybridized carbons (Fsp3) is 0.190. The number of halogens is 3.